The quantitative estimate of drug-likeness (QED) is 0.365. The lowest BCUT2D eigenvalue weighted by Crippen LogP contribution is -2.39. The molecule has 0 amide bonds. The van der Waals surface area contributed by atoms with E-state index in [1.807, 2.05) is 27.7 Å². The van der Waals surface area contributed by atoms with Crippen LogP contribution in [0.25, 0.3) is 0 Å². The predicted octanol–water partition coefficient (Wildman–Crippen LogP) is 2.33. The largest absolute Gasteiger partial charge is 0.480 e. The molecule has 2 atom stereocenters. The molecule has 0 saturated heterocycles. The lowest BCUT2D eigenvalue weighted by molar-refractivity contribution is -0.140. The van der Waals surface area contributed by atoms with Gasteiger partial charge >= 0.3 is 11.9 Å². The van der Waals surface area contributed by atoms with Crippen LogP contribution in [0.2, 0.25) is 0 Å². The average molecular weight is 330 g/mol. The minimum atomic E-state index is -0.793. The van der Waals surface area contributed by atoms with Gasteiger partial charge in [0, 0.05) is 0 Å². The number of hydrogen-bond acceptors (Lipinski definition) is 4. The Kier molecular flexibility index (Phi) is 11.7. The van der Waals surface area contributed by atoms with Crippen molar-refractivity contribution in [3.05, 3.63) is 0 Å². The Morgan fingerprint density at radius 1 is 0.739 bits per heavy atom. The minimum absolute atomic E-state index is 0.349. The molecule has 6 heteroatoms. The van der Waals surface area contributed by atoms with Crippen molar-refractivity contribution in [1.82, 2.24) is 10.6 Å². The summed E-state index contributed by atoms with van der Waals surface area (Å²) < 4.78 is 0. The van der Waals surface area contributed by atoms with Gasteiger partial charge in [-0.05, 0) is 50.6 Å². The van der Waals surface area contributed by atoms with Gasteiger partial charge in [-0.25, -0.2) is 0 Å². The van der Waals surface area contributed by atoms with E-state index < -0.39 is 24.0 Å². The number of rotatable bonds is 14. The molecular weight excluding hydrogens is 296 g/mol. The van der Waals surface area contributed by atoms with Crippen LogP contribution in [0, 0.1) is 11.8 Å². The van der Waals surface area contributed by atoms with E-state index in [1.54, 1.807) is 0 Å². The van der Waals surface area contributed by atoms with Gasteiger partial charge in [-0.2, -0.15) is 0 Å². The Morgan fingerprint density at radius 2 is 1.09 bits per heavy atom. The predicted molar refractivity (Wildman–Crippen MR) is 91.6 cm³/mol. The molecule has 0 bridgehead atoms. The van der Waals surface area contributed by atoms with Crippen molar-refractivity contribution >= 4 is 11.9 Å². The van der Waals surface area contributed by atoms with Crippen LogP contribution >= 0.6 is 0 Å². The number of carboxylic acids is 2. The highest BCUT2D eigenvalue weighted by Gasteiger charge is 2.18. The maximum atomic E-state index is 11.1. The summed E-state index contributed by atoms with van der Waals surface area (Å²) in [5.41, 5.74) is 0. The summed E-state index contributed by atoms with van der Waals surface area (Å²) in [7, 11) is 0. The molecule has 0 saturated carbocycles. The number of unbranched alkanes of at least 4 members (excludes halogenated alkanes) is 2. The van der Waals surface area contributed by atoms with Gasteiger partial charge in [-0.1, -0.05) is 34.1 Å². The second-order valence-electron chi connectivity index (χ2n) is 7.01. The van der Waals surface area contributed by atoms with Gasteiger partial charge in [0.25, 0.3) is 0 Å². The second-order valence-corrected chi connectivity index (χ2v) is 7.01. The molecule has 0 radical (unpaired) electrons. The van der Waals surface area contributed by atoms with Crippen LogP contribution < -0.4 is 10.6 Å². The fraction of sp³-hybridized carbons (Fsp3) is 0.882. The van der Waals surface area contributed by atoms with Crippen LogP contribution in [0.1, 0.15) is 59.8 Å². The molecule has 0 aromatic rings. The highest BCUT2D eigenvalue weighted by molar-refractivity contribution is 5.73. The third-order valence-corrected chi connectivity index (χ3v) is 3.65. The van der Waals surface area contributed by atoms with Crippen LogP contribution in [-0.2, 0) is 9.59 Å². The van der Waals surface area contributed by atoms with Crippen molar-refractivity contribution < 1.29 is 19.8 Å². The average Bonchev–Trinajstić information content (AvgIpc) is 2.42. The molecule has 0 aliphatic carbocycles. The first-order valence-electron chi connectivity index (χ1n) is 8.66. The third-order valence-electron chi connectivity index (χ3n) is 3.65. The first-order chi connectivity index (χ1) is 10.7. The molecule has 6 nitrogen and oxygen atoms in total. The van der Waals surface area contributed by atoms with Crippen LogP contribution in [0.3, 0.4) is 0 Å². The maximum absolute atomic E-state index is 11.1. The smallest absolute Gasteiger partial charge is 0.320 e. The highest BCUT2D eigenvalue weighted by Crippen LogP contribution is 2.06. The third kappa shape index (κ3) is 12.0. The van der Waals surface area contributed by atoms with Crippen molar-refractivity contribution in [3.8, 4) is 0 Å². The van der Waals surface area contributed by atoms with E-state index in [0.29, 0.717) is 37.8 Å². The summed E-state index contributed by atoms with van der Waals surface area (Å²) in [4.78, 5) is 22.2. The van der Waals surface area contributed by atoms with Crippen molar-refractivity contribution in [2.75, 3.05) is 13.1 Å². The van der Waals surface area contributed by atoms with Gasteiger partial charge in [-0.3, -0.25) is 9.59 Å². The molecule has 0 fully saturated rings. The molecule has 23 heavy (non-hydrogen) atoms. The number of carboxylic acid groups (broad SMARTS) is 2. The number of nitrogens with one attached hydrogen (secondary N) is 2. The van der Waals surface area contributed by atoms with Gasteiger partial charge in [0.15, 0.2) is 0 Å². The number of carbonyl (C=O) groups is 2. The van der Waals surface area contributed by atoms with Crippen LogP contribution in [0.4, 0.5) is 0 Å². The molecule has 0 spiro atoms. The van der Waals surface area contributed by atoms with Crippen molar-refractivity contribution in [3.63, 3.8) is 0 Å². The van der Waals surface area contributed by atoms with Gasteiger partial charge in [0.05, 0.1) is 0 Å². The standard InChI is InChI=1S/C17H34N2O4/c1-12(2)10-14(16(20)21)18-8-6-5-7-9-19-15(17(22)23)11-13(3)4/h12-15,18-19H,5-11H2,1-4H3,(H,20,21)(H,22,23). The Morgan fingerprint density at radius 3 is 1.35 bits per heavy atom. The maximum Gasteiger partial charge on any atom is 0.320 e. The summed E-state index contributed by atoms with van der Waals surface area (Å²) in [6.45, 7) is 9.41. The highest BCUT2D eigenvalue weighted by atomic mass is 16.4. The zero-order valence-corrected chi connectivity index (χ0v) is 15.0. The Bertz CT molecular complexity index is 313. The van der Waals surface area contributed by atoms with Gasteiger partial charge < -0.3 is 20.8 Å². The Labute approximate surface area is 140 Å². The van der Waals surface area contributed by atoms with Crippen molar-refractivity contribution in [1.29, 1.82) is 0 Å². The van der Waals surface area contributed by atoms with Gasteiger partial charge in [-0.15, -0.1) is 0 Å². The van der Waals surface area contributed by atoms with Crippen LogP contribution in [-0.4, -0.2) is 47.3 Å². The molecule has 2 unspecified atom stereocenters. The minimum Gasteiger partial charge on any atom is -0.480 e. The summed E-state index contributed by atoms with van der Waals surface area (Å²) in [5, 5.41) is 24.4. The van der Waals surface area contributed by atoms with Crippen LogP contribution in [0.15, 0.2) is 0 Å². The zero-order valence-electron chi connectivity index (χ0n) is 15.0. The van der Waals surface area contributed by atoms with E-state index in [4.69, 9.17) is 10.2 Å². The lowest BCUT2D eigenvalue weighted by atomic mass is 10.0. The first kappa shape index (κ1) is 21.9. The van der Waals surface area contributed by atoms with Gasteiger partial charge in [0.1, 0.15) is 12.1 Å². The van der Waals surface area contributed by atoms with E-state index in [0.717, 1.165) is 19.3 Å². The topological polar surface area (TPSA) is 98.7 Å². The molecule has 0 aromatic heterocycles. The summed E-state index contributed by atoms with van der Waals surface area (Å²) in [5.74, 6) is -0.889. The Balaban J connectivity index is 3.79. The fourth-order valence-electron chi connectivity index (χ4n) is 2.47. The summed E-state index contributed by atoms with van der Waals surface area (Å²) in [6, 6.07) is -0.953. The number of aliphatic carboxylic acids is 2. The molecule has 0 heterocycles. The summed E-state index contributed by atoms with van der Waals surface area (Å²) in [6.07, 6.45) is 4.00. The molecule has 0 aliphatic rings. The van der Waals surface area contributed by atoms with Crippen LogP contribution in [0.5, 0.6) is 0 Å². The first-order valence-corrected chi connectivity index (χ1v) is 8.66. The number of hydrogen-bond donors (Lipinski definition) is 4. The monoisotopic (exact) mass is 330 g/mol. The van der Waals surface area contributed by atoms with Crippen molar-refractivity contribution in [2.24, 2.45) is 11.8 Å². The zero-order chi connectivity index (χ0) is 17.8. The molecule has 0 rings (SSSR count). The van der Waals surface area contributed by atoms with Crippen molar-refractivity contribution in [2.45, 2.75) is 71.9 Å². The van der Waals surface area contributed by atoms with E-state index >= 15 is 0 Å². The van der Waals surface area contributed by atoms with E-state index in [-0.39, 0.29) is 0 Å². The summed E-state index contributed by atoms with van der Waals surface area (Å²) >= 11 is 0. The molecule has 0 aliphatic heterocycles. The fourth-order valence-corrected chi connectivity index (χ4v) is 2.47. The Hall–Kier alpha value is -1.14. The SMILES string of the molecule is CC(C)CC(NCCCCCNC(CC(C)C)C(=O)O)C(=O)O. The molecular formula is C17H34N2O4. The van der Waals surface area contributed by atoms with E-state index in [2.05, 4.69) is 10.6 Å². The van der Waals surface area contributed by atoms with Gasteiger partial charge in [0.2, 0.25) is 0 Å². The molecule has 4 N–H and O–H groups in total. The second kappa shape index (κ2) is 12.3. The lowest BCUT2D eigenvalue weighted by Gasteiger charge is -2.17. The molecule has 0 aromatic carbocycles. The molecule has 136 valence electrons. The van der Waals surface area contributed by atoms with E-state index in [9.17, 15) is 9.59 Å². The van der Waals surface area contributed by atoms with E-state index in [1.165, 1.54) is 0 Å². The normalized spacial score (nSPS) is 14.2.